The van der Waals surface area contributed by atoms with Gasteiger partial charge in [-0.25, -0.2) is 9.59 Å². The molecule has 0 saturated carbocycles. The lowest BCUT2D eigenvalue weighted by atomic mass is 10.1. The smallest absolute Gasteiger partial charge is 0.298 e. The number of aromatic nitrogens is 2. The van der Waals surface area contributed by atoms with Crippen LogP contribution in [0.1, 0.15) is 39.0 Å². The molecule has 1 aromatic rings. The van der Waals surface area contributed by atoms with Gasteiger partial charge in [0, 0.05) is 31.9 Å². The zero-order valence-corrected chi connectivity index (χ0v) is 18.5. The van der Waals surface area contributed by atoms with Crippen LogP contribution >= 0.6 is 0 Å². The lowest BCUT2D eigenvalue weighted by molar-refractivity contribution is -0.135. The number of barbiturate groups is 1. The molecule has 31 heavy (non-hydrogen) atoms. The van der Waals surface area contributed by atoms with Crippen LogP contribution in [-0.2, 0) is 22.7 Å². The van der Waals surface area contributed by atoms with E-state index in [1.165, 1.54) is 21.3 Å². The summed E-state index contributed by atoms with van der Waals surface area (Å²) in [6.45, 7) is 9.65. The number of urea groups is 1. The second-order valence-corrected chi connectivity index (χ2v) is 6.78. The first-order chi connectivity index (χ1) is 14.7. The van der Waals surface area contributed by atoms with Crippen LogP contribution in [0.15, 0.2) is 39.5 Å². The van der Waals surface area contributed by atoms with E-state index in [2.05, 4.69) is 0 Å². The van der Waals surface area contributed by atoms with Crippen molar-refractivity contribution < 1.29 is 14.4 Å². The van der Waals surface area contributed by atoms with Crippen LogP contribution in [0.25, 0.3) is 6.08 Å². The maximum atomic E-state index is 12.6. The van der Waals surface area contributed by atoms with Crippen LogP contribution in [0.3, 0.4) is 0 Å². The van der Waals surface area contributed by atoms with Gasteiger partial charge in [-0.05, 0) is 46.8 Å². The molecule has 9 nitrogen and oxygen atoms in total. The van der Waals surface area contributed by atoms with E-state index in [9.17, 15) is 24.0 Å². The Hall–Kier alpha value is -3.49. The Morgan fingerprint density at radius 3 is 1.74 bits per heavy atom. The summed E-state index contributed by atoms with van der Waals surface area (Å²) in [5.74, 6) is -1.26. The SMILES string of the molecule is CCN1C(=O)C(=C/C=C/C=C/c2c(C)n(CC)c(=O)n(CC)c2=O)C(=O)N(CC)C1=O. The molecule has 0 N–H and O–H groups in total. The van der Waals surface area contributed by atoms with E-state index in [1.54, 1.807) is 45.9 Å². The fraction of sp³-hybridized carbons (Fsp3) is 0.409. The van der Waals surface area contributed by atoms with Gasteiger partial charge in [0.05, 0.1) is 5.56 Å². The maximum Gasteiger partial charge on any atom is 0.333 e. The predicted molar refractivity (Wildman–Crippen MR) is 117 cm³/mol. The van der Waals surface area contributed by atoms with E-state index >= 15 is 0 Å². The Labute approximate surface area is 180 Å². The summed E-state index contributed by atoms with van der Waals surface area (Å²) in [5.41, 5.74) is 0.154. The molecule has 2 rings (SSSR count). The summed E-state index contributed by atoms with van der Waals surface area (Å²) < 4.78 is 2.71. The molecule has 1 aromatic heterocycles. The van der Waals surface area contributed by atoms with E-state index in [1.807, 2.05) is 6.92 Å². The predicted octanol–water partition coefficient (Wildman–Crippen LogP) is 1.68. The first-order valence-corrected chi connectivity index (χ1v) is 10.3. The third-order valence-electron chi connectivity index (χ3n) is 5.16. The summed E-state index contributed by atoms with van der Waals surface area (Å²) in [5, 5.41) is 0. The zero-order valence-electron chi connectivity index (χ0n) is 18.5. The van der Waals surface area contributed by atoms with Crippen LogP contribution in [0.4, 0.5) is 4.79 Å². The first kappa shape index (κ1) is 23.8. The molecule has 1 aliphatic rings. The molecule has 0 bridgehead atoms. The van der Waals surface area contributed by atoms with Gasteiger partial charge in [-0.3, -0.25) is 33.3 Å². The molecule has 4 amide bonds. The normalized spacial score (nSPS) is 15.1. The molecule has 0 aliphatic carbocycles. The highest BCUT2D eigenvalue weighted by molar-refractivity contribution is 6.28. The summed E-state index contributed by atoms with van der Waals surface area (Å²) >= 11 is 0. The Bertz CT molecular complexity index is 1080. The lowest BCUT2D eigenvalue weighted by Crippen LogP contribution is -2.56. The number of imide groups is 2. The molecule has 9 heteroatoms. The molecule has 166 valence electrons. The fourth-order valence-corrected chi connectivity index (χ4v) is 3.43. The number of carbonyl (C=O) groups excluding carboxylic acids is 3. The van der Waals surface area contributed by atoms with Crippen molar-refractivity contribution in [2.24, 2.45) is 0 Å². The second-order valence-electron chi connectivity index (χ2n) is 6.78. The van der Waals surface area contributed by atoms with E-state index in [-0.39, 0.29) is 36.5 Å². The van der Waals surface area contributed by atoms with Crippen LogP contribution in [0.5, 0.6) is 0 Å². The summed E-state index contributed by atoms with van der Waals surface area (Å²) in [6.07, 6.45) is 7.63. The minimum atomic E-state index is -0.632. The van der Waals surface area contributed by atoms with Crippen molar-refractivity contribution in [2.75, 3.05) is 13.1 Å². The Morgan fingerprint density at radius 2 is 1.26 bits per heavy atom. The van der Waals surface area contributed by atoms with Crippen LogP contribution in [0.2, 0.25) is 0 Å². The topological polar surface area (TPSA) is 102 Å². The third-order valence-corrected chi connectivity index (χ3v) is 5.16. The highest BCUT2D eigenvalue weighted by Crippen LogP contribution is 2.17. The first-order valence-electron chi connectivity index (χ1n) is 10.3. The van der Waals surface area contributed by atoms with Gasteiger partial charge in [0.2, 0.25) is 0 Å². The number of allylic oxidation sites excluding steroid dienone is 4. The van der Waals surface area contributed by atoms with Crippen molar-refractivity contribution in [3.05, 3.63) is 62.0 Å². The number of hydrogen-bond acceptors (Lipinski definition) is 5. The van der Waals surface area contributed by atoms with E-state index < -0.39 is 17.8 Å². The van der Waals surface area contributed by atoms with Crippen molar-refractivity contribution >= 4 is 23.9 Å². The van der Waals surface area contributed by atoms with Gasteiger partial charge in [-0.2, -0.15) is 0 Å². The molecule has 0 aromatic carbocycles. The average molecular weight is 428 g/mol. The van der Waals surface area contributed by atoms with Crippen molar-refractivity contribution in [2.45, 2.75) is 47.7 Å². The Morgan fingerprint density at radius 1 is 0.710 bits per heavy atom. The van der Waals surface area contributed by atoms with Crippen LogP contribution in [-0.4, -0.2) is 49.9 Å². The van der Waals surface area contributed by atoms with Gasteiger partial charge in [-0.15, -0.1) is 0 Å². The minimum Gasteiger partial charge on any atom is -0.298 e. The summed E-state index contributed by atoms with van der Waals surface area (Å²) in [7, 11) is 0. The van der Waals surface area contributed by atoms with Gasteiger partial charge >= 0.3 is 11.7 Å². The van der Waals surface area contributed by atoms with Crippen molar-refractivity contribution in [1.82, 2.24) is 18.9 Å². The number of likely N-dealkylation sites (N-methyl/N-ethyl adjacent to an activating group) is 2. The van der Waals surface area contributed by atoms with E-state index in [4.69, 9.17) is 0 Å². The monoisotopic (exact) mass is 428 g/mol. The largest absolute Gasteiger partial charge is 0.333 e. The molecular formula is C22H28N4O5. The van der Waals surface area contributed by atoms with Gasteiger partial charge in [0.25, 0.3) is 17.4 Å². The van der Waals surface area contributed by atoms with Gasteiger partial charge in [0.15, 0.2) is 0 Å². The van der Waals surface area contributed by atoms with Crippen LogP contribution in [0, 0.1) is 6.92 Å². The van der Waals surface area contributed by atoms with Gasteiger partial charge in [-0.1, -0.05) is 18.2 Å². The van der Waals surface area contributed by atoms with Crippen molar-refractivity contribution in [3.63, 3.8) is 0 Å². The number of nitrogens with zero attached hydrogens (tertiary/aromatic N) is 4. The molecule has 0 unspecified atom stereocenters. The van der Waals surface area contributed by atoms with Crippen molar-refractivity contribution in [3.8, 4) is 0 Å². The number of rotatable bonds is 7. The molecule has 0 atom stereocenters. The van der Waals surface area contributed by atoms with E-state index in [0.29, 0.717) is 17.8 Å². The Kier molecular flexibility index (Phi) is 7.68. The third kappa shape index (κ3) is 4.35. The van der Waals surface area contributed by atoms with E-state index in [0.717, 1.165) is 9.80 Å². The zero-order chi connectivity index (χ0) is 23.3. The Balaban J connectivity index is 2.36. The lowest BCUT2D eigenvalue weighted by Gasteiger charge is -2.32. The molecule has 2 heterocycles. The number of hydrogen-bond donors (Lipinski definition) is 0. The fourth-order valence-electron chi connectivity index (χ4n) is 3.43. The summed E-state index contributed by atoms with van der Waals surface area (Å²) in [4.78, 5) is 64.1. The molecular weight excluding hydrogens is 400 g/mol. The van der Waals surface area contributed by atoms with Gasteiger partial charge in [0.1, 0.15) is 5.57 Å². The quantitative estimate of drug-likeness (QED) is 0.374. The minimum absolute atomic E-state index is 0.1000. The molecule has 1 aliphatic heterocycles. The van der Waals surface area contributed by atoms with Gasteiger partial charge < -0.3 is 0 Å². The molecule has 1 fully saturated rings. The molecule has 0 radical (unpaired) electrons. The highest BCUT2D eigenvalue weighted by atomic mass is 16.2. The van der Waals surface area contributed by atoms with Crippen molar-refractivity contribution in [1.29, 1.82) is 0 Å². The van der Waals surface area contributed by atoms with Crippen LogP contribution < -0.4 is 11.2 Å². The highest BCUT2D eigenvalue weighted by Gasteiger charge is 2.39. The number of amides is 4. The summed E-state index contributed by atoms with van der Waals surface area (Å²) in [6, 6.07) is -0.616. The molecule has 0 spiro atoms. The maximum absolute atomic E-state index is 12.6. The second kappa shape index (κ2) is 10.0. The standard InChI is InChI=1S/C22H28N4O5/c1-6-23-15(5)16(18(27)24(7-2)21(23)30)13-11-10-12-14-17-19(28)25(8-3)22(31)26(9-4)20(17)29/h10-14H,6-9H2,1-5H3/b12-10+,13-11+. The number of carbonyl (C=O) groups is 3. The average Bonchev–Trinajstić information content (AvgIpc) is 2.73. The molecule has 1 saturated heterocycles.